The van der Waals surface area contributed by atoms with Crippen molar-refractivity contribution in [2.45, 2.75) is 36.7 Å². The van der Waals surface area contributed by atoms with E-state index in [1.807, 2.05) is 47.0 Å². The molecular formula is C23H18Cl2N2OS2. The van der Waals surface area contributed by atoms with Crippen LogP contribution in [-0.4, -0.2) is 9.55 Å². The fourth-order valence-corrected chi connectivity index (χ4v) is 6.42. The van der Waals surface area contributed by atoms with Gasteiger partial charge < -0.3 is 0 Å². The van der Waals surface area contributed by atoms with Gasteiger partial charge in [0, 0.05) is 10.6 Å². The summed E-state index contributed by atoms with van der Waals surface area (Å²) in [5, 5.41) is 2.64. The van der Waals surface area contributed by atoms with Crippen molar-refractivity contribution in [3.05, 3.63) is 90.5 Å². The predicted molar refractivity (Wildman–Crippen MR) is 127 cm³/mol. The molecule has 3 nitrogen and oxygen atoms in total. The second-order valence-electron chi connectivity index (χ2n) is 7.35. The van der Waals surface area contributed by atoms with Gasteiger partial charge in [0.15, 0.2) is 5.16 Å². The van der Waals surface area contributed by atoms with Crippen LogP contribution in [0.3, 0.4) is 0 Å². The number of thiophene rings is 1. The first-order valence-corrected chi connectivity index (χ1v) is 12.3. The van der Waals surface area contributed by atoms with Crippen LogP contribution < -0.4 is 5.56 Å². The van der Waals surface area contributed by atoms with E-state index in [0.29, 0.717) is 22.3 Å². The molecule has 0 fully saturated rings. The molecule has 5 rings (SSSR count). The molecule has 0 saturated heterocycles. The molecule has 152 valence electrons. The topological polar surface area (TPSA) is 34.9 Å². The van der Waals surface area contributed by atoms with Gasteiger partial charge >= 0.3 is 0 Å². The average Bonchev–Trinajstić information content (AvgIpc) is 3.33. The van der Waals surface area contributed by atoms with Gasteiger partial charge in [-0.25, -0.2) is 4.98 Å². The van der Waals surface area contributed by atoms with Crippen molar-refractivity contribution < 1.29 is 0 Å². The third-order valence-corrected chi connectivity index (χ3v) is 8.30. The third kappa shape index (κ3) is 3.80. The van der Waals surface area contributed by atoms with E-state index in [4.69, 9.17) is 28.2 Å². The van der Waals surface area contributed by atoms with Crippen molar-refractivity contribution in [2.75, 3.05) is 0 Å². The van der Waals surface area contributed by atoms with Gasteiger partial charge in [-0.2, -0.15) is 0 Å². The third-order valence-electron chi connectivity index (χ3n) is 5.33. The van der Waals surface area contributed by atoms with E-state index in [1.165, 1.54) is 10.4 Å². The summed E-state index contributed by atoms with van der Waals surface area (Å²) in [6.07, 6.45) is 3.16. The summed E-state index contributed by atoms with van der Waals surface area (Å²) in [5.74, 6) is 0.661. The first kappa shape index (κ1) is 20.1. The van der Waals surface area contributed by atoms with E-state index in [0.717, 1.165) is 45.8 Å². The van der Waals surface area contributed by atoms with Gasteiger partial charge in [0.25, 0.3) is 5.56 Å². The second kappa shape index (κ2) is 8.39. The fourth-order valence-electron chi connectivity index (χ4n) is 3.85. The van der Waals surface area contributed by atoms with Crippen LogP contribution in [0.5, 0.6) is 0 Å². The SMILES string of the molecule is O=c1c2c3c(sc2nc(SCc2ccc(Cl)c(Cl)c2)n1Cc1ccccc1)CCC3. The minimum atomic E-state index is 0.0693. The Morgan fingerprint density at radius 3 is 2.67 bits per heavy atom. The van der Waals surface area contributed by atoms with Gasteiger partial charge in [0.1, 0.15) is 4.83 Å². The molecule has 0 saturated carbocycles. The van der Waals surface area contributed by atoms with Crippen LogP contribution >= 0.6 is 46.3 Å². The fraction of sp³-hybridized carbons (Fsp3) is 0.217. The molecule has 4 aromatic rings. The molecule has 0 spiro atoms. The average molecular weight is 473 g/mol. The summed E-state index contributed by atoms with van der Waals surface area (Å²) in [5.41, 5.74) is 3.42. The van der Waals surface area contributed by atoms with Gasteiger partial charge in [0.05, 0.1) is 22.0 Å². The maximum atomic E-state index is 13.6. The number of rotatable bonds is 5. The summed E-state index contributed by atoms with van der Waals surface area (Å²) >= 11 is 15.5. The lowest BCUT2D eigenvalue weighted by molar-refractivity contribution is 0.658. The number of benzene rings is 2. The number of halogens is 2. The van der Waals surface area contributed by atoms with E-state index < -0.39 is 0 Å². The van der Waals surface area contributed by atoms with Crippen LogP contribution in [0.15, 0.2) is 58.5 Å². The van der Waals surface area contributed by atoms with E-state index >= 15 is 0 Å². The molecule has 2 aromatic heterocycles. The lowest BCUT2D eigenvalue weighted by Gasteiger charge is -2.13. The molecule has 0 bridgehead atoms. The van der Waals surface area contributed by atoms with Gasteiger partial charge in [0.2, 0.25) is 0 Å². The number of fused-ring (bicyclic) bond motifs is 3. The Balaban J connectivity index is 1.57. The Hall–Kier alpha value is -1.79. The van der Waals surface area contributed by atoms with Crippen LogP contribution in [0.2, 0.25) is 10.0 Å². The summed E-state index contributed by atoms with van der Waals surface area (Å²) in [7, 11) is 0. The first-order chi connectivity index (χ1) is 14.6. The predicted octanol–water partition coefficient (Wildman–Crippen LogP) is 6.59. The molecule has 0 aliphatic heterocycles. The summed E-state index contributed by atoms with van der Waals surface area (Å²) in [6, 6.07) is 15.7. The van der Waals surface area contributed by atoms with Gasteiger partial charge in [-0.05, 0) is 48.1 Å². The molecule has 2 aromatic carbocycles. The molecular weight excluding hydrogens is 455 g/mol. The van der Waals surface area contributed by atoms with Gasteiger partial charge in [-0.1, -0.05) is 71.4 Å². The van der Waals surface area contributed by atoms with Crippen molar-refractivity contribution in [3.8, 4) is 0 Å². The molecule has 1 aliphatic carbocycles. The molecule has 30 heavy (non-hydrogen) atoms. The van der Waals surface area contributed by atoms with Crippen molar-refractivity contribution in [1.82, 2.24) is 9.55 Å². The number of hydrogen-bond donors (Lipinski definition) is 0. The number of hydrogen-bond acceptors (Lipinski definition) is 4. The van der Waals surface area contributed by atoms with Crippen LogP contribution in [0.25, 0.3) is 10.2 Å². The van der Waals surface area contributed by atoms with Gasteiger partial charge in [-0.3, -0.25) is 9.36 Å². The Labute approximate surface area is 192 Å². The van der Waals surface area contributed by atoms with E-state index in [-0.39, 0.29) is 5.56 Å². The molecule has 0 unspecified atom stereocenters. The normalized spacial score (nSPS) is 13.1. The second-order valence-corrected chi connectivity index (χ2v) is 10.2. The van der Waals surface area contributed by atoms with Crippen LogP contribution in [0.1, 0.15) is 28.0 Å². The highest BCUT2D eigenvalue weighted by Gasteiger charge is 2.23. The quantitative estimate of drug-likeness (QED) is 0.242. The number of thioether (sulfide) groups is 1. The van der Waals surface area contributed by atoms with E-state index in [9.17, 15) is 4.79 Å². The Kier molecular flexibility index (Phi) is 5.63. The smallest absolute Gasteiger partial charge is 0.263 e. The highest BCUT2D eigenvalue weighted by atomic mass is 35.5. The molecule has 2 heterocycles. The molecule has 0 atom stereocenters. The van der Waals surface area contributed by atoms with E-state index in [2.05, 4.69) is 0 Å². The van der Waals surface area contributed by atoms with Crippen molar-refractivity contribution in [2.24, 2.45) is 0 Å². The summed E-state index contributed by atoms with van der Waals surface area (Å²) in [4.78, 5) is 20.7. The summed E-state index contributed by atoms with van der Waals surface area (Å²) < 4.78 is 1.82. The Morgan fingerprint density at radius 2 is 1.87 bits per heavy atom. The highest BCUT2D eigenvalue weighted by molar-refractivity contribution is 7.98. The Morgan fingerprint density at radius 1 is 1.03 bits per heavy atom. The zero-order chi connectivity index (χ0) is 20.7. The number of nitrogens with zero attached hydrogens (tertiary/aromatic N) is 2. The molecule has 1 aliphatic rings. The first-order valence-electron chi connectivity index (χ1n) is 9.76. The van der Waals surface area contributed by atoms with Crippen molar-refractivity contribution in [1.29, 1.82) is 0 Å². The number of aromatic nitrogens is 2. The lowest BCUT2D eigenvalue weighted by Crippen LogP contribution is -2.24. The maximum Gasteiger partial charge on any atom is 0.263 e. The highest BCUT2D eigenvalue weighted by Crippen LogP contribution is 2.36. The lowest BCUT2D eigenvalue weighted by atomic mass is 10.2. The minimum absolute atomic E-state index is 0.0693. The monoisotopic (exact) mass is 472 g/mol. The van der Waals surface area contributed by atoms with Crippen LogP contribution in [0, 0.1) is 0 Å². The zero-order valence-corrected chi connectivity index (χ0v) is 19.2. The molecule has 0 N–H and O–H groups in total. The summed E-state index contributed by atoms with van der Waals surface area (Å²) in [6.45, 7) is 0.511. The van der Waals surface area contributed by atoms with Crippen LogP contribution in [0.4, 0.5) is 0 Å². The van der Waals surface area contributed by atoms with Crippen LogP contribution in [-0.2, 0) is 25.1 Å². The van der Waals surface area contributed by atoms with Crippen molar-refractivity contribution in [3.63, 3.8) is 0 Å². The molecule has 0 radical (unpaired) electrons. The van der Waals surface area contributed by atoms with Crippen molar-refractivity contribution >= 4 is 56.5 Å². The Bertz CT molecular complexity index is 1300. The molecule has 7 heteroatoms. The minimum Gasteiger partial charge on any atom is -0.283 e. The molecule has 0 amide bonds. The van der Waals surface area contributed by atoms with Gasteiger partial charge in [-0.15, -0.1) is 11.3 Å². The van der Waals surface area contributed by atoms with E-state index in [1.54, 1.807) is 29.2 Å². The maximum absolute atomic E-state index is 13.6. The standard InChI is InChI=1S/C23H18Cl2N2OS2/c24-17-10-9-15(11-18(17)25)13-29-23-26-21-20(16-7-4-8-19(16)30-21)22(28)27(23)12-14-5-2-1-3-6-14/h1-3,5-6,9-11H,4,7-8,12-13H2. The number of aryl methyl sites for hydroxylation is 2. The largest absolute Gasteiger partial charge is 0.283 e. The zero-order valence-electron chi connectivity index (χ0n) is 16.0.